The molecular formula is C24H30ClFN5O5P. The zero-order valence-corrected chi connectivity index (χ0v) is 22.6. The molecule has 0 spiro atoms. The van der Waals surface area contributed by atoms with Crippen LogP contribution in [0.15, 0.2) is 36.8 Å². The molecule has 13 heteroatoms. The number of nitrogen functional groups attached to an aromatic ring is 1. The van der Waals surface area contributed by atoms with Crippen molar-refractivity contribution < 1.29 is 27.7 Å². The molecule has 0 amide bonds. The van der Waals surface area contributed by atoms with E-state index in [1.54, 1.807) is 49.6 Å². The van der Waals surface area contributed by atoms with Crippen LogP contribution in [0.3, 0.4) is 0 Å². The number of hydrogen-bond acceptors (Lipinski definition) is 9. The second-order valence-electron chi connectivity index (χ2n) is 9.14. The van der Waals surface area contributed by atoms with Crippen LogP contribution in [0.2, 0.25) is 5.02 Å². The largest absolute Gasteiger partial charge is 0.462 e. The number of nitrogens with zero attached hydrogens (tertiary/aromatic N) is 3. The van der Waals surface area contributed by atoms with Crippen LogP contribution in [0.25, 0.3) is 11.0 Å². The highest BCUT2D eigenvalue weighted by Crippen LogP contribution is 2.41. The molecular weight excluding hydrogens is 524 g/mol. The maximum absolute atomic E-state index is 14.6. The van der Waals surface area contributed by atoms with Crippen molar-refractivity contribution in [3.8, 4) is 5.75 Å². The molecule has 0 saturated carbocycles. The quantitative estimate of drug-likeness (QED) is 0.264. The van der Waals surface area contributed by atoms with E-state index < -0.39 is 32.6 Å². The summed E-state index contributed by atoms with van der Waals surface area (Å²) in [5.41, 5.74) is 6.22. The minimum absolute atomic E-state index is 0.0381. The molecule has 0 aliphatic carbocycles. The van der Waals surface area contributed by atoms with Crippen LogP contribution in [0.1, 0.15) is 40.3 Å². The third-order valence-corrected chi connectivity index (χ3v) is 7.31. The summed E-state index contributed by atoms with van der Waals surface area (Å²) in [7, 11) is -1.75. The van der Waals surface area contributed by atoms with Gasteiger partial charge in [-0.05, 0) is 51.5 Å². The molecule has 1 fully saturated rings. The number of nitrogens with two attached hydrogens (primary N) is 1. The fraction of sp³-hybridized carbons (Fsp3) is 0.458. The lowest BCUT2D eigenvalue weighted by Gasteiger charge is -2.23. The van der Waals surface area contributed by atoms with E-state index in [9.17, 15) is 9.18 Å². The van der Waals surface area contributed by atoms with Gasteiger partial charge in [-0.3, -0.25) is 4.79 Å². The number of carbonyl (C=O) groups is 1. The van der Waals surface area contributed by atoms with E-state index in [1.807, 2.05) is 6.92 Å². The van der Waals surface area contributed by atoms with Gasteiger partial charge in [0.2, 0.25) is 0 Å². The summed E-state index contributed by atoms with van der Waals surface area (Å²) in [5.74, 6) is -0.281. The van der Waals surface area contributed by atoms with E-state index in [0.717, 1.165) is 0 Å². The molecule has 1 aliphatic heterocycles. The number of aromatic nitrogens is 3. The van der Waals surface area contributed by atoms with Crippen LogP contribution < -0.4 is 15.3 Å². The SMILES string of the molecule is CC(C)OC(=O)C(C)NP(OCC1CC(C)C(n2cc(F)c3c(N)ncnc32)O1)Oc1ccc(Cl)cc1. The van der Waals surface area contributed by atoms with E-state index in [-0.39, 0.29) is 35.9 Å². The van der Waals surface area contributed by atoms with Crippen molar-refractivity contribution in [3.63, 3.8) is 0 Å². The molecule has 2 aromatic heterocycles. The van der Waals surface area contributed by atoms with Gasteiger partial charge in [-0.25, -0.2) is 19.4 Å². The molecule has 3 aromatic rings. The molecule has 0 radical (unpaired) electrons. The molecule has 5 unspecified atom stereocenters. The Morgan fingerprint density at radius 1 is 1.32 bits per heavy atom. The first-order chi connectivity index (χ1) is 17.6. The zero-order chi connectivity index (χ0) is 26.7. The van der Waals surface area contributed by atoms with E-state index in [4.69, 9.17) is 35.9 Å². The van der Waals surface area contributed by atoms with E-state index in [2.05, 4.69) is 15.1 Å². The van der Waals surface area contributed by atoms with Gasteiger partial charge in [-0.1, -0.05) is 18.5 Å². The lowest BCUT2D eigenvalue weighted by Crippen LogP contribution is -2.35. The number of fused-ring (bicyclic) bond motifs is 1. The van der Waals surface area contributed by atoms with Gasteiger partial charge in [0.15, 0.2) is 11.5 Å². The molecule has 10 nitrogen and oxygen atoms in total. The predicted octanol–water partition coefficient (Wildman–Crippen LogP) is 4.98. The first kappa shape index (κ1) is 27.5. The van der Waals surface area contributed by atoms with Crippen molar-refractivity contribution in [3.05, 3.63) is 47.6 Å². The van der Waals surface area contributed by atoms with Crippen molar-refractivity contribution >= 4 is 42.9 Å². The minimum atomic E-state index is -1.75. The summed E-state index contributed by atoms with van der Waals surface area (Å²) < 4.78 is 39.8. The Labute approximate surface area is 220 Å². The van der Waals surface area contributed by atoms with Gasteiger partial charge in [-0.15, -0.1) is 0 Å². The van der Waals surface area contributed by atoms with Crippen LogP contribution >= 0.6 is 20.1 Å². The molecule has 200 valence electrons. The molecule has 1 aliphatic rings. The number of ether oxygens (including phenoxy) is 2. The molecule has 5 atom stereocenters. The third-order valence-electron chi connectivity index (χ3n) is 5.70. The summed E-state index contributed by atoms with van der Waals surface area (Å²) in [6.45, 7) is 7.43. The van der Waals surface area contributed by atoms with Crippen molar-refractivity contribution in [2.75, 3.05) is 12.3 Å². The maximum Gasteiger partial charge on any atom is 0.323 e. The van der Waals surface area contributed by atoms with Gasteiger partial charge in [0.1, 0.15) is 30.2 Å². The summed E-state index contributed by atoms with van der Waals surface area (Å²) >= 11 is 5.98. The standard InChI is InChI=1S/C24H30ClFN5O5P/c1-13(2)34-24(32)15(4)30-37(36-17-7-5-16(25)6-8-17)33-11-18-9-14(3)23(35-18)31-10-19(26)20-21(27)28-12-29-22(20)31/h5-8,10,12-15,18,23,30H,9,11H2,1-4H3,(H2,27,28,29). The minimum Gasteiger partial charge on any atom is -0.462 e. The van der Waals surface area contributed by atoms with Crippen LogP contribution in [0.4, 0.5) is 10.2 Å². The van der Waals surface area contributed by atoms with Gasteiger partial charge in [0.25, 0.3) is 0 Å². The average Bonchev–Trinajstić information content (AvgIpc) is 3.38. The van der Waals surface area contributed by atoms with Gasteiger partial charge < -0.3 is 28.8 Å². The van der Waals surface area contributed by atoms with Crippen molar-refractivity contribution in [2.45, 2.75) is 58.6 Å². The first-order valence-corrected chi connectivity index (χ1v) is 13.4. The summed E-state index contributed by atoms with van der Waals surface area (Å²) in [6.07, 6.45) is 2.26. The molecule has 1 aromatic carbocycles. The maximum atomic E-state index is 14.6. The third kappa shape index (κ3) is 6.66. The fourth-order valence-corrected chi connectivity index (χ4v) is 5.34. The number of esters is 1. The molecule has 37 heavy (non-hydrogen) atoms. The highest BCUT2D eigenvalue weighted by molar-refractivity contribution is 7.45. The molecule has 4 rings (SSSR count). The number of hydrogen-bond donors (Lipinski definition) is 2. The summed E-state index contributed by atoms with van der Waals surface area (Å²) in [5, 5.41) is 3.81. The molecule has 1 saturated heterocycles. The highest BCUT2D eigenvalue weighted by Gasteiger charge is 2.36. The van der Waals surface area contributed by atoms with Crippen LogP contribution in [-0.2, 0) is 18.8 Å². The number of nitrogens with one attached hydrogen (secondary N) is 1. The Morgan fingerprint density at radius 2 is 2.05 bits per heavy atom. The van der Waals surface area contributed by atoms with E-state index in [1.165, 1.54) is 12.5 Å². The molecule has 3 heterocycles. The average molecular weight is 554 g/mol. The smallest absolute Gasteiger partial charge is 0.323 e. The van der Waals surface area contributed by atoms with Crippen molar-refractivity contribution in [1.29, 1.82) is 0 Å². The molecule has 0 bridgehead atoms. The van der Waals surface area contributed by atoms with E-state index >= 15 is 0 Å². The number of anilines is 1. The Kier molecular flexibility index (Phi) is 8.82. The van der Waals surface area contributed by atoms with Gasteiger partial charge in [0, 0.05) is 17.1 Å². The van der Waals surface area contributed by atoms with Crippen LogP contribution in [0, 0.1) is 11.7 Å². The van der Waals surface area contributed by atoms with Gasteiger partial charge in [0.05, 0.1) is 24.2 Å². The van der Waals surface area contributed by atoms with E-state index in [0.29, 0.717) is 22.8 Å². The Bertz CT molecular complexity index is 1230. The van der Waals surface area contributed by atoms with Crippen LogP contribution in [-0.4, -0.2) is 45.4 Å². The lowest BCUT2D eigenvalue weighted by atomic mass is 10.1. The number of benzene rings is 1. The first-order valence-electron chi connectivity index (χ1n) is 11.9. The monoisotopic (exact) mass is 553 g/mol. The fourth-order valence-electron chi connectivity index (χ4n) is 4.00. The summed E-state index contributed by atoms with van der Waals surface area (Å²) in [4.78, 5) is 20.4. The normalized spacial score (nSPS) is 21.3. The van der Waals surface area contributed by atoms with Crippen molar-refractivity contribution in [2.24, 2.45) is 5.92 Å². The Morgan fingerprint density at radius 3 is 2.76 bits per heavy atom. The zero-order valence-electron chi connectivity index (χ0n) is 20.9. The number of rotatable bonds is 10. The topological polar surface area (TPSA) is 123 Å². The summed E-state index contributed by atoms with van der Waals surface area (Å²) in [6, 6.07) is 6.15. The highest BCUT2D eigenvalue weighted by atomic mass is 35.5. The molecule has 3 N–H and O–H groups in total. The second-order valence-corrected chi connectivity index (χ2v) is 10.8. The van der Waals surface area contributed by atoms with Gasteiger partial charge >= 0.3 is 14.5 Å². The predicted molar refractivity (Wildman–Crippen MR) is 138 cm³/mol. The second kappa shape index (κ2) is 11.9. The van der Waals surface area contributed by atoms with Crippen LogP contribution in [0.5, 0.6) is 5.75 Å². The number of carbonyl (C=O) groups excluding carboxylic acids is 1. The Hall–Kier alpha value is -2.56. The Balaban J connectivity index is 1.44. The lowest BCUT2D eigenvalue weighted by molar-refractivity contribution is -0.149. The van der Waals surface area contributed by atoms with Gasteiger partial charge in [-0.2, -0.15) is 0 Å². The van der Waals surface area contributed by atoms with Crippen molar-refractivity contribution in [1.82, 2.24) is 19.6 Å². The number of halogens is 2.